The van der Waals surface area contributed by atoms with Gasteiger partial charge in [-0.05, 0) is 43.2 Å². The number of hydrogen-bond donors (Lipinski definition) is 1. The first-order valence-electron chi connectivity index (χ1n) is 8.97. The topological polar surface area (TPSA) is 95.5 Å². The predicted molar refractivity (Wildman–Crippen MR) is 99.9 cm³/mol. The third kappa shape index (κ3) is 3.93. The van der Waals surface area contributed by atoms with E-state index in [0.717, 1.165) is 12.8 Å². The van der Waals surface area contributed by atoms with E-state index < -0.39 is 10.0 Å². The van der Waals surface area contributed by atoms with Gasteiger partial charge in [-0.3, -0.25) is 4.79 Å². The molecule has 0 bridgehead atoms. The lowest BCUT2D eigenvalue weighted by Gasteiger charge is -2.33. The van der Waals surface area contributed by atoms with E-state index in [2.05, 4.69) is 15.3 Å². The molecule has 2 aliphatic rings. The molecule has 0 spiro atoms. The second-order valence-corrected chi connectivity index (χ2v) is 8.65. The Morgan fingerprint density at radius 2 is 1.63 bits per heavy atom. The quantitative estimate of drug-likeness (QED) is 0.818. The van der Waals surface area contributed by atoms with E-state index in [1.54, 1.807) is 30.6 Å². The van der Waals surface area contributed by atoms with Gasteiger partial charge in [-0.25, -0.2) is 18.4 Å². The summed E-state index contributed by atoms with van der Waals surface area (Å²) < 4.78 is 27.2. The van der Waals surface area contributed by atoms with E-state index in [-0.39, 0.29) is 16.8 Å². The highest BCUT2D eigenvalue weighted by Crippen LogP contribution is 2.21. The van der Waals surface area contributed by atoms with Gasteiger partial charge < -0.3 is 10.2 Å². The Morgan fingerprint density at radius 3 is 2.22 bits per heavy atom. The van der Waals surface area contributed by atoms with E-state index in [0.29, 0.717) is 37.7 Å². The Bertz CT molecular complexity index is 906. The molecule has 0 radical (unpaired) electrons. The smallest absolute Gasteiger partial charge is 0.251 e. The number of amides is 1. The van der Waals surface area contributed by atoms with E-state index in [1.807, 2.05) is 4.90 Å². The Hall–Kier alpha value is -2.52. The molecule has 8 nitrogen and oxygen atoms in total. The standard InChI is InChI=1S/C18H21N5O3S/c24-17(21-15-4-5-15)14-2-6-16(7-3-14)27(25,26)23-12-10-22(11-13-23)18-19-8-1-9-20-18/h1-3,6-9,15H,4-5,10-13H2,(H,21,24). The number of sulfonamides is 1. The van der Waals surface area contributed by atoms with Gasteiger partial charge in [0.1, 0.15) is 0 Å². The van der Waals surface area contributed by atoms with Gasteiger partial charge in [-0.1, -0.05) is 0 Å². The number of nitrogens with zero attached hydrogens (tertiary/aromatic N) is 4. The van der Waals surface area contributed by atoms with Crippen LogP contribution in [0.15, 0.2) is 47.6 Å². The van der Waals surface area contributed by atoms with Crippen LogP contribution in [0.4, 0.5) is 5.95 Å². The number of benzene rings is 1. The maximum atomic E-state index is 12.9. The highest BCUT2D eigenvalue weighted by Gasteiger charge is 2.29. The summed E-state index contributed by atoms with van der Waals surface area (Å²) in [5.74, 6) is 0.457. The lowest BCUT2D eigenvalue weighted by atomic mass is 10.2. The summed E-state index contributed by atoms with van der Waals surface area (Å²) in [4.78, 5) is 22.6. The Morgan fingerprint density at radius 1 is 1.00 bits per heavy atom. The van der Waals surface area contributed by atoms with E-state index in [9.17, 15) is 13.2 Å². The average Bonchev–Trinajstić information content (AvgIpc) is 3.53. The highest BCUT2D eigenvalue weighted by molar-refractivity contribution is 7.89. The molecular formula is C18H21N5O3S. The van der Waals surface area contributed by atoms with Crippen LogP contribution in [0, 0.1) is 0 Å². The van der Waals surface area contributed by atoms with Crippen LogP contribution in [0.25, 0.3) is 0 Å². The largest absolute Gasteiger partial charge is 0.349 e. The molecule has 4 rings (SSSR count). The van der Waals surface area contributed by atoms with Gasteiger partial charge in [0, 0.05) is 50.2 Å². The summed E-state index contributed by atoms with van der Waals surface area (Å²) in [5, 5.41) is 2.90. The van der Waals surface area contributed by atoms with E-state index in [4.69, 9.17) is 0 Å². The van der Waals surface area contributed by atoms with Crippen molar-refractivity contribution in [2.45, 2.75) is 23.8 Å². The maximum Gasteiger partial charge on any atom is 0.251 e. The molecule has 1 aromatic carbocycles. The number of piperazine rings is 1. The molecule has 2 fully saturated rings. The molecule has 1 aromatic heterocycles. The van der Waals surface area contributed by atoms with Gasteiger partial charge in [0.15, 0.2) is 0 Å². The fourth-order valence-electron chi connectivity index (χ4n) is 3.01. The third-order valence-electron chi connectivity index (χ3n) is 4.74. The van der Waals surface area contributed by atoms with Gasteiger partial charge in [0.2, 0.25) is 16.0 Å². The van der Waals surface area contributed by atoms with Crippen LogP contribution >= 0.6 is 0 Å². The Labute approximate surface area is 158 Å². The predicted octanol–water partition coefficient (Wildman–Crippen LogP) is 0.880. The molecule has 1 aliphatic heterocycles. The zero-order valence-electron chi connectivity index (χ0n) is 14.8. The molecule has 142 valence electrons. The second kappa shape index (κ2) is 7.24. The van der Waals surface area contributed by atoms with Gasteiger partial charge in [-0.15, -0.1) is 0 Å². The maximum absolute atomic E-state index is 12.9. The fourth-order valence-corrected chi connectivity index (χ4v) is 4.43. The Kier molecular flexibility index (Phi) is 4.79. The molecule has 1 amide bonds. The average molecular weight is 387 g/mol. The molecule has 27 heavy (non-hydrogen) atoms. The van der Waals surface area contributed by atoms with Crippen molar-refractivity contribution in [1.29, 1.82) is 0 Å². The molecule has 1 saturated carbocycles. The van der Waals surface area contributed by atoms with Gasteiger partial charge in [-0.2, -0.15) is 4.31 Å². The van der Waals surface area contributed by atoms with Gasteiger partial charge >= 0.3 is 0 Å². The summed E-state index contributed by atoms with van der Waals surface area (Å²) in [6, 6.07) is 8.16. The second-order valence-electron chi connectivity index (χ2n) is 6.71. The minimum Gasteiger partial charge on any atom is -0.349 e. The number of aromatic nitrogens is 2. The molecule has 2 heterocycles. The zero-order chi connectivity index (χ0) is 18.9. The number of hydrogen-bond acceptors (Lipinski definition) is 6. The summed E-state index contributed by atoms with van der Waals surface area (Å²) in [7, 11) is -3.59. The van der Waals surface area contributed by atoms with Gasteiger partial charge in [0.25, 0.3) is 5.91 Å². The minimum atomic E-state index is -3.59. The first-order valence-corrected chi connectivity index (χ1v) is 10.4. The van der Waals surface area contributed by atoms with Crippen molar-refractivity contribution < 1.29 is 13.2 Å². The van der Waals surface area contributed by atoms with Crippen LogP contribution in [0.5, 0.6) is 0 Å². The molecule has 0 unspecified atom stereocenters. The molecule has 1 saturated heterocycles. The molecule has 1 N–H and O–H groups in total. The normalized spacial score (nSPS) is 18.3. The highest BCUT2D eigenvalue weighted by atomic mass is 32.2. The van der Waals surface area contributed by atoms with Crippen molar-refractivity contribution >= 4 is 21.9 Å². The van der Waals surface area contributed by atoms with Gasteiger partial charge in [0.05, 0.1) is 4.90 Å². The first-order chi connectivity index (χ1) is 13.0. The van der Waals surface area contributed by atoms with Crippen LogP contribution in [0.2, 0.25) is 0 Å². The van der Waals surface area contributed by atoms with Crippen LogP contribution < -0.4 is 10.2 Å². The molecule has 9 heteroatoms. The van der Waals surface area contributed by atoms with Crippen molar-refractivity contribution in [2.24, 2.45) is 0 Å². The number of nitrogens with one attached hydrogen (secondary N) is 1. The number of carbonyl (C=O) groups is 1. The molecular weight excluding hydrogens is 366 g/mol. The fraction of sp³-hybridized carbons (Fsp3) is 0.389. The summed E-state index contributed by atoms with van der Waals surface area (Å²) in [6.45, 7) is 1.80. The SMILES string of the molecule is O=C(NC1CC1)c1ccc(S(=O)(=O)N2CCN(c3ncccn3)CC2)cc1. The first kappa shape index (κ1) is 17.9. The number of carbonyl (C=O) groups excluding carboxylic acids is 1. The minimum absolute atomic E-state index is 0.155. The zero-order valence-corrected chi connectivity index (χ0v) is 15.6. The van der Waals surface area contributed by atoms with Crippen molar-refractivity contribution in [3.05, 3.63) is 48.3 Å². The van der Waals surface area contributed by atoms with Crippen molar-refractivity contribution in [3.8, 4) is 0 Å². The van der Waals surface area contributed by atoms with Crippen LogP contribution in [0.1, 0.15) is 23.2 Å². The number of anilines is 1. The van der Waals surface area contributed by atoms with E-state index in [1.165, 1.54) is 16.4 Å². The summed E-state index contributed by atoms with van der Waals surface area (Å²) in [5.41, 5.74) is 0.479. The van der Waals surface area contributed by atoms with Crippen molar-refractivity contribution in [3.63, 3.8) is 0 Å². The van der Waals surface area contributed by atoms with Crippen molar-refractivity contribution in [2.75, 3.05) is 31.1 Å². The van der Waals surface area contributed by atoms with Crippen LogP contribution in [-0.2, 0) is 10.0 Å². The molecule has 0 atom stereocenters. The van der Waals surface area contributed by atoms with Crippen LogP contribution in [0.3, 0.4) is 0 Å². The Balaban J connectivity index is 1.41. The van der Waals surface area contributed by atoms with Crippen molar-refractivity contribution in [1.82, 2.24) is 19.6 Å². The summed E-state index contributed by atoms with van der Waals surface area (Å²) in [6.07, 6.45) is 5.37. The van der Waals surface area contributed by atoms with E-state index >= 15 is 0 Å². The number of rotatable bonds is 5. The lowest BCUT2D eigenvalue weighted by molar-refractivity contribution is 0.0951. The monoisotopic (exact) mass is 387 g/mol. The summed E-state index contributed by atoms with van der Waals surface area (Å²) >= 11 is 0. The van der Waals surface area contributed by atoms with Crippen LogP contribution in [-0.4, -0.2) is 60.8 Å². The molecule has 1 aliphatic carbocycles. The third-order valence-corrected chi connectivity index (χ3v) is 6.65. The lowest BCUT2D eigenvalue weighted by Crippen LogP contribution is -2.49. The molecule has 2 aromatic rings.